The molecule has 4 aliphatic rings. The minimum absolute atomic E-state index is 0.0635. The van der Waals surface area contributed by atoms with Gasteiger partial charge in [0.15, 0.2) is 23.0 Å². The number of hydrogen-bond acceptors (Lipinski definition) is 11. The summed E-state index contributed by atoms with van der Waals surface area (Å²) in [6.07, 6.45) is 12.4. The number of anilines is 1. The molecule has 59 heavy (non-hydrogen) atoms. The molecule has 3 amide bonds. The Labute approximate surface area is 353 Å². The van der Waals surface area contributed by atoms with Gasteiger partial charge < -0.3 is 34.1 Å². The van der Waals surface area contributed by atoms with Crippen LogP contribution in [0, 0.1) is 0 Å². The monoisotopic (exact) mass is 837 g/mol. The van der Waals surface area contributed by atoms with E-state index in [9.17, 15) is 14.4 Å². The second-order valence-electron chi connectivity index (χ2n) is 15.6. The number of nitrogens with one attached hydrogen (secondary N) is 1. The summed E-state index contributed by atoms with van der Waals surface area (Å²) in [6.45, 7) is 9.63. The summed E-state index contributed by atoms with van der Waals surface area (Å²) in [5.74, 6) is 1.39. The van der Waals surface area contributed by atoms with Crippen molar-refractivity contribution in [2.24, 2.45) is 9.98 Å². The largest absolute Gasteiger partial charge is 0.493 e. The lowest BCUT2D eigenvalue weighted by Crippen LogP contribution is -2.35. The van der Waals surface area contributed by atoms with E-state index in [4.69, 9.17) is 28.9 Å². The molecule has 14 heteroatoms. The normalized spacial score (nSPS) is 19.6. The molecule has 2 fully saturated rings. The molecule has 0 unspecified atom stereocenters. The fourth-order valence-electron chi connectivity index (χ4n) is 7.76. The Morgan fingerprint density at radius 3 is 1.71 bits per heavy atom. The van der Waals surface area contributed by atoms with E-state index in [2.05, 4.69) is 31.3 Å². The van der Waals surface area contributed by atoms with Crippen LogP contribution in [0.5, 0.6) is 23.0 Å². The number of carbonyl (C=O) groups excluding carboxylic acids is 3. The van der Waals surface area contributed by atoms with Crippen molar-refractivity contribution >= 4 is 68.8 Å². The standard InChI is InChI=1S/C45H51N5O7S2/c1-8-27-15-32-21-46-36-19-40(38(54-5)17-34(36)43(52)49(32)23-27)56-25-29-12-30(14-31(13-29)48-42(51)10-11-45(3,4)59-58-7)26-57-41-20-37-35(18-39(41)55-6)44(53)50-24-28(9-2)16-33(50)22-47-37/h8-9,12-14,17-22,32-33H,10-11,15-16,23-26H2,1-7H3,(H,48,51)/t32-,33-/m0/s1. The lowest BCUT2D eigenvalue weighted by Gasteiger charge is -2.22. The highest BCUT2D eigenvalue weighted by molar-refractivity contribution is 8.76. The zero-order valence-electron chi connectivity index (χ0n) is 34.6. The molecular formula is C45H51N5O7S2. The summed E-state index contributed by atoms with van der Waals surface area (Å²) in [5.41, 5.74) is 6.49. The van der Waals surface area contributed by atoms with E-state index >= 15 is 0 Å². The molecule has 4 aliphatic heterocycles. The molecule has 2 saturated heterocycles. The van der Waals surface area contributed by atoms with Gasteiger partial charge in [0.2, 0.25) is 5.91 Å². The van der Waals surface area contributed by atoms with Crippen molar-refractivity contribution in [2.45, 2.75) is 83.4 Å². The van der Waals surface area contributed by atoms with Crippen LogP contribution in [0.25, 0.3) is 0 Å². The Hall–Kier alpha value is -5.21. The second kappa shape index (κ2) is 18.0. The maximum absolute atomic E-state index is 13.6. The lowest BCUT2D eigenvalue weighted by molar-refractivity contribution is -0.116. The van der Waals surface area contributed by atoms with E-state index in [1.165, 1.54) is 11.1 Å². The van der Waals surface area contributed by atoms with Crippen LogP contribution in [0.2, 0.25) is 0 Å². The number of allylic oxidation sites excluding steroid dienone is 2. The van der Waals surface area contributed by atoms with Crippen molar-refractivity contribution < 1.29 is 33.3 Å². The Morgan fingerprint density at radius 1 is 0.780 bits per heavy atom. The van der Waals surface area contributed by atoms with Gasteiger partial charge in [-0.25, -0.2) is 0 Å². The number of ether oxygens (including phenoxy) is 4. The number of rotatable bonds is 14. The van der Waals surface area contributed by atoms with E-state index < -0.39 is 0 Å². The van der Waals surface area contributed by atoms with Gasteiger partial charge in [-0.1, -0.05) is 44.9 Å². The minimum Gasteiger partial charge on any atom is -0.493 e. The third kappa shape index (κ3) is 9.33. The maximum atomic E-state index is 13.6. The Bertz CT molecular complexity index is 2130. The minimum atomic E-state index is -0.101. The van der Waals surface area contributed by atoms with E-state index in [1.54, 1.807) is 60.1 Å². The van der Waals surface area contributed by atoms with Crippen molar-refractivity contribution in [2.75, 3.05) is 38.9 Å². The summed E-state index contributed by atoms with van der Waals surface area (Å²) < 4.78 is 24.1. The third-order valence-electron chi connectivity index (χ3n) is 11.0. The molecule has 12 nitrogen and oxygen atoms in total. The summed E-state index contributed by atoms with van der Waals surface area (Å²) >= 11 is 0. The van der Waals surface area contributed by atoms with E-state index in [1.807, 2.05) is 60.5 Å². The van der Waals surface area contributed by atoms with Gasteiger partial charge >= 0.3 is 0 Å². The molecule has 310 valence electrons. The highest BCUT2D eigenvalue weighted by Gasteiger charge is 2.36. The van der Waals surface area contributed by atoms with Gasteiger partial charge in [-0.2, -0.15) is 0 Å². The number of hydrogen-bond donors (Lipinski definition) is 1. The molecule has 4 heterocycles. The first-order chi connectivity index (χ1) is 28.4. The zero-order valence-corrected chi connectivity index (χ0v) is 36.3. The van der Waals surface area contributed by atoms with Crippen molar-refractivity contribution in [1.82, 2.24) is 9.80 Å². The van der Waals surface area contributed by atoms with Crippen LogP contribution < -0.4 is 24.3 Å². The molecule has 3 aromatic carbocycles. The van der Waals surface area contributed by atoms with Gasteiger partial charge in [0, 0.05) is 54.5 Å². The summed E-state index contributed by atoms with van der Waals surface area (Å²) in [5, 5.41) is 3.09. The molecule has 0 spiro atoms. The highest BCUT2D eigenvalue weighted by Crippen LogP contribution is 2.41. The Morgan fingerprint density at radius 2 is 1.27 bits per heavy atom. The van der Waals surface area contributed by atoms with Gasteiger partial charge in [0.05, 0.1) is 48.8 Å². The first-order valence-corrected chi connectivity index (χ1v) is 22.3. The topological polar surface area (TPSA) is 131 Å². The van der Waals surface area contributed by atoms with Crippen LogP contribution >= 0.6 is 21.6 Å². The van der Waals surface area contributed by atoms with Gasteiger partial charge in [-0.3, -0.25) is 24.4 Å². The molecule has 0 aromatic heterocycles. The van der Waals surface area contributed by atoms with E-state index in [0.29, 0.717) is 77.1 Å². The second-order valence-corrected chi connectivity index (χ2v) is 18.7. The quantitative estimate of drug-likeness (QED) is 0.125. The van der Waals surface area contributed by atoms with Crippen molar-refractivity contribution in [1.29, 1.82) is 0 Å². The van der Waals surface area contributed by atoms with Crippen LogP contribution in [0.4, 0.5) is 17.1 Å². The molecular weight excluding hydrogens is 787 g/mol. The van der Waals surface area contributed by atoms with Crippen molar-refractivity contribution in [3.05, 3.63) is 88.0 Å². The molecule has 2 atom stereocenters. The smallest absolute Gasteiger partial charge is 0.257 e. The van der Waals surface area contributed by atoms with Gasteiger partial charge in [0.25, 0.3) is 11.8 Å². The Kier molecular flexibility index (Phi) is 12.8. The lowest BCUT2D eigenvalue weighted by atomic mass is 10.1. The zero-order chi connectivity index (χ0) is 41.8. The van der Waals surface area contributed by atoms with Crippen LogP contribution in [0.3, 0.4) is 0 Å². The molecule has 3 aromatic rings. The summed E-state index contributed by atoms with van der Waals surface area (Å²) in [7, 11) is 6.53. The average molecular weight is 838 g/mol. The fraction of sp³-hybridized carbons (Fsp3) is 0.400. The van der Waals surface area contributed by atoms with Crippen molar-refractivity contribution in [3.8, 4) is 23.0 Å². The summed E-state index contributed by atoms with van der Waals surface area (Å²) in [4.78, 5) is 53.7. The van der Waals surface area contributed by atoms with E-state index in [0.717, 1.165) is 24.0 Å². The predicted molar refractivity (Wildman–Crippen MR) is 237 cm³/mol. The van der Waals surface area contributed by atoms with Crippen LogP contribution in [0.1, 0.15) is 85.2 Å². The van der Waals surface area contributed by atoms with Gasteiger partial charge in [-0.05, 0) is 94.7 Å². The number of fused-ring (bicyclic) bond motifs is 4. The highest BCUT2D eigenvalue weighted by atomic mass is 33.1. The number of benzene rings is 3. The number of amides is 3. The van der Waals surface area contributed by atoms with E-state index in [-0.39, 0.29) is 47.8 Å². The van der Waals surface area contributed by atoms with Crippen LogP contribution in [-0.2, 0) is 18.0 Å². The first kappa shape index (κ1) is 41.9. The molecule has 0 aliphatic carbocycles. The SMILES string of the molecule is CC=C1C[C@H]2C=Nc3cc(OCc4cc(COc5cc6c(cc5OC)C(=O)N5CC(=CC)C[C@H]5C=N6)cc(NC(=O)CCC(C)(C)SSC)c4)c(OC)cc3C(=O)N2C1. The van der Waals surface area contributed by atoms with Crippen molar-refractivity contribution in [3.63, 3.8) is 0 Å². The Balaban J connectivity index is 1.13. The van der Waals surface area contributed by atoms with Gasteiger partial charge in [0.1, 0.15) is 13.2 Å². The number of methoxy groups -OCH3 is 2. The maximum Gasteiger partial charge on any atom is 0.257 e. The first-order valence-electron chi connectivity index (χ1n) is 19.7. The van der Waals surface area contributed by atoms with Crippen LogP contribution in [0.15, 0.2) is 75.7 Å². The molecule has 0 bridgehead atoms. The number of nitrogens with zero attached hydrogens (tertiary/aromatic N) is 4. The summed E-state index contributed by atoms with van der Waals surface area (Å²) in [6, 6.07) is 12.4. The third-order valence-corrected chi connectivity index (χ3v) is 13.7. The molecule has 7 rings (SSSR count). The van der Waals surface area contributed by atoms with Crippen LogP contribution in [-0.4, -0.2) is 90.3 Å². The van der Waals surface area contributed by atoms with Gasteiger partial charge in [-0.15, -0.1) is 0 Å². The molecule has 1 N–H and O–H groups in total. The average Bonchev–Trinajstić information content (AvgIpc) is 3.80. The molecule has 0 radical (unpaired) electrons. The number of carbonyl (C=O) groups is 3. The molecule has 0 saturated carbocycles. The number of aliphatic imine (C=N–C) groups is 2. The fourth-order valence-corrected chi connectivity index (χ4v) is 10.00. The predicted octanol–water partition coefficient (Wildman–Crippen LogP) is 9.12.